The maximum Gasteiger partial charge on any atom is 0.307 e. The van der Waals surface area contributed by atoms with Crippen molar-refractivity contribution in [1.82, 2.24) is 0 Å². The fourth-order valence-electron chi connectivity index (χ4n) is 5.06. The fraction of sp³-hybridized carbons (Fsp3) is 0.367. The molecule has 0 unspecified atom stereocenters. The Labute approximate surface area is 212 Å². The van der Waals surface area contributed by atoms with Crippen molar-refractivity contribution in [2.45, 2.75) is 51.7 Å². The molecule has 0 radical (unpaired) electrons. The van der Waals surface area contributed by atoms with Crippen LogP contribution in [0.2, 0.25) is 0 Å². The van der Waals surface area contributed by atoms with Crippen molar-refractivity contribution in [3.05, 3.63) is 83.2 Å². The molecular weight excluding hydrogens is 455 g/mol. The SMILES string of the molecule is C[C@@H](N)c1cccc(-c2cc(COc3ccccc3CC(=O)O)cc(N(C)CC3CCCC3)c2)c1F. The lowest BCUT2D eigenvalue weighted by atomic mass is 9.97. The Hall–Kier alpha value is -3.38. The zero-order chi connectivity index (χ0) is 25.7. The highest BCUT2D eigenvalue weighted by atomic mass is 19.1. The fourth-order valence-corrected chi connectivity index (χ4v) is 5.06. The van der Waals surface area contributed by atoms with E-state index in [1.54, 1.807) is 37.3 Å². The molecule has 0 aromatic heterocycles. The third-order valence-corrected chi connectivity index (χ3v) is 6.96. The number of hydrogen-bond acceptors (Lipinski definition) is 4. The summed E-state index contributed by atoms with van der Waals surface area (Å²) in [5, 5.41) is 9.24. The van der Waals surface area contributed by atoms with Gasteiger partial charge in [-0.1, -0.05) is 49.2 Å². The largest absolute Gasteiger partial charge is 0.489 e. The molecule has 36 heavy (non-hydrogen) atoms. The molecule has 1 saturated carbocycles. The van der Waals surface area contributed by atoms with Crippen molar-refractivity contribution in [2.75, 3.05) is 18.5 Å². The number of benzene rings is 3. The van der Waals surface area contributed by atoms with E-state index in [0.29, 0.717) is 28.4 Å². The lowest BCUT2D eigenvalue weighted by molar-refractivity contribution is -0.136. The molecule has 0 bridgehead atoms. The molecule has 3 N–H and O–H groups in total. The van der Waals surface area contributed by atoms with Gasteiger partial charge in [-0.3, -0.25) is 4.79 Å². The molecule has 3 aromatic rings. The first-order chi connectivity index (χ1) is 17.3. The lowest BCUT2D eigenvalue weighted by Crippen LogP contribution is -2.24. The number of anilines is 1. The second kappa shape index (κ2) is 11.6. The van der Waals surface area contributed by atoms with Gasteiger partial charge in [-0.15, -0.1) is 0 Å². The van der Waals surface area contributed by atoms with E-state index in [1.165, 1.54) is 25.7 Å². The van der Waals surface area contributed by atoms with E-state index in [4.69, 9.17) is 10.5 Å². The van der Waals surface area contributed by atoms with Crippen LogP contribution in [0.5, 0.6) is 5.75 Å². The zero-order valence-corrected chi connectivity index (χ0v) is 21.0. The second-order valence-corrected chi connectivity index (χ2v) is 9.88. The normalized spacial score (nSPS) is 14.6. The Balaban J connectivity index is 1.67. The molecule has 190 valence electrons. The van der Waals surface area contributed by atoms with Gasteiger partial charge in [0.05, 0.1) is 6.42 Å². The summed E-state index contributed by atoms with van der Waals surface area (Å²) in [6.45, 7) is 2.97. The number of hydrogen-bond donors (Lipinski definition) is 2. The number of carboxylic acids is 1. The van der Waals surface area contributed by atoms with Crippen LogP contribution < -0.4 is 15.4 Å². The third-order valence-electron chi connectivity index (χ3n) is 6.96. The van der Waals surface area contributed by atoms with Gasteiger partial charge in [0.1, 0.15) is 18.2 Å². The summed E-state index contributed by atoms with van der Waals surface area (Å²) in [4.78, 5) is 13.5. The van der Waals surface area contributed by atoms with E-state index in [-0.39, 0.29) is 18.8 Å². The van der Waals surface area contributed by atoms with Crippen molar-refractivity contribution in [3.8, 4) is 16.9 Å². The molecule has 3 aromatic carbocycles. The minimum atomic E-state index is -0.909. The molecule has 1 aliphatic rings. The number of nitrogens with zero attached hydrogens (tertiary/aromatic N) is 1. The average Bonchev–Trinajstić information content (AvgIpc) is 3.36. The van der Waals surface area contributed by atoms with Gasteiger partial charge in [0.15, 0.2) is 0 Å². The van der Waals surface area contributed by atoms with Crippen molar-refractivity contribution in [2.24, 2.45) is 11.7 Å². The average molecular weight is 491 g/mol. The molecule has 0 spiro atoms. The highest BCUT2D eigenvalue weighted by Gasteiger charge is 2.19. The monoisotopic (exact) mass is 490 g/mol. The minimum Gasteiger partial charge on any atom is -0.489 e. The van der Waals surface area contributed by atoms with Gasteiger partial charge in [0.25, 0.3) is 0 Å². The summed E-state index contributed by atoms with van der Waals surface area (Å²) in [5.74, 6) is -0.00849. The Morgan fingerprint density at radius 1 is 1.14 bits per heavy atom. The number of carbonyl (C=O) groups is 1. The van der Waals surface area contributed by atoms with Crippen molar-refractivity contribution in [3.63, 3.8) is 0 Å². The topological polar surface area (TPSA) is 75.8 Å². The Morgan fingerprint density at radius 2 is 1.89 bits per heavy atom. The van der Waals surface area contributed by atoms with Gasteiger partial charge >= 0.3 is 5.97 Å². The van der Waals surface area contributed by atoms with Crippen LogP contribution in [0.4, 0.5) is 10.1 Å². The number of halogens is 1. The van der Waals surface area contributed by atoms with E-state index in [2.05, 4.69) is 18.0 Å². The Morgan fingerprint density at radius 3 is 2.61 bits per heavy atom. The van der Waals surface area contributed by atoms with Crippen LogP contribution in [-0.4, -0.2) is 24.7 Å². The van der Waals surface area contributed by atoms with Crippen molar-refractivity contribution < 1.29 is 19.0 Å². The van der Waals surface area contributed by atoms with Crippen LogP contribution in [0.3, 0.4) is 0 Å². The number of rotatable bonds is 10. The maximum absolute atomic E-state index is 15.4. The summed E-state index contributed by atoms with van der Waals surface area (Å²) in [6, 6.07) is 18.1. The predicted octanol–water partition coefficient (Wildman–Crippen LogP) is 6.34. The van der Waals surface area contributed by atoms with Crippen LogP contribution in [-0.2, 0) is 17.8 Å². The number of ether oxygens (including phenoxy) is 1. The maximum atomic E-state index is 15.4. The summed E-state index contributed by atoms with van der Waals surface area (Å²) in [6.07, 6.45) is 4.93. The second-order valence-electron chi connectivity index (χ2n) is 9.88. The van der Waals surface area contributed by atoms with Gasteiger partial charge < -0.3 is 20.5 Å². The number of nitrogens with two attached hydrogens (primary N) is 1. The molecule has 0 saturated heterocycles. The lowest BCUT2D eigenvalue weighted by Gasteiger charge is -2.25. The van der Waals surface area contributed by atoms with Crippen LogP contribution in [0, 0.1) is 11.7 Å². The van der Waals surface area contributed by atoms with E-state index in [9.17, 15) is 9.90 Å². The summed E-state index contributed by atoms with van der Waals surface area (Å²) < 4.78 is 21.5. The van der Waals surface area contributed by atoms with Gasteiger partial charge in [0, 0.05) is 42.0 Å². The van der Waals surface area contributed by atoms with Crippen LogP contribution in [0.15, 0.2) is 60.7 Å². The van der Waals surface area contributed by atoms with Gasteiger partial charge in [0.2, 0.25) is 0 Å². The third kappa shape index (κ3) is 6.24. The van der Waals surface area contributed by atoms with Gasteiger partial charge in [-0.25, -0.2) is 4.39 Å². The minimum absolute atomic E-state index is 0.110. The van der Waals surface area contributed by atoms with Crippen molar-refractivity contribution in [1.29, 1.82) is 0 Å². The van der Waals surface area contributed by atoms with Crippen LogP contribution in [0.25, 0.3) is 11.1 Å². The van der Waals surface area contributed by atoms with Gasteiger partial charge in [-0.2, -0.15) is 0 Å². The highest BCUT2D eigenvalue weighted by Crippen LogP contribution is 2.33. The molecule has 1 aliphatic carbocycles. The van der Waals surface area contributed by atoms with Gasteiger partial charge in [-0.05, 0) is 61.1 Å². The van der Waals surface area contributed by atoms with E-state index < -0.39 is 12.0 Å². The molecule has 4 rings (SSSR count). The van der Waals surface area contributed by atoms with E-state index >= 15 is 4.39 Å². The molecule has 6 heteroatoms. The molecular formula is C30H35FN2O3. The molecule has 0 heterocycles. The predicted molar refractivity (Wildman–Crippen MR) is 142 cm³/mol. The molecule has 5 nitrogen and oxygen atoms in total. The van der Waals surface area contributed by atoms with E-state index in [1.807, 2.05) is 24.3 Å². The number of para-hydroxylation sites is 1. The summed E-state index contributed by atoms with van der Waals surface area (Å²) in [5.41, 5.74) is 10.3. The summed E-state index contributed by atoms with van der Waals surface area (Å²) in [7, 11) is 2.08. The molecule has 0 amide bonds. The first-order valence-corrected chi connectivity index (χ1v) is 12.6. The van der Waals surface area contributed by atoms with Crippen molar-refractivity contribution >= 4 is 11.7 Å². The molecule has 1 atom stereocenters. The number of carboxylic acid groups (broad SMARTS) is 1. The zero-order valence-electron chi connectivity index (χ0n) is 21.0. The van der Waals surface area contributed by atoms with Crippen LogP contribution in [0.1, 0.15) is 55.3 Å². The number of aliphatic carboxylic acids is 1. The molecule has 0 aliphatic heterocycles. The Kier molecular flexibility index (Phi) is 8.26. The summed E-state index contributed by atoms with van der Waals surface area (Å²) >= 11 is 0. The highest BCUT2D eigenvalue weighted by molar-refractivity contribution is 5.72. The first kappa shape index (κ1) is 25.7. The quantitative estimate of drug-likeness (QED) is 0.347. The van der Waals surface area contributed by atoms with E-state index in [0.717, 1.165) is 23.4 Å². The standard InChI is InChI=1S/C30H35FN2O3/c1-20(32)26-11-7-12-27(30(26)31)24-14-22(15-25(16-24)33(2)18-21-8-3-4-9-21)19-36-28-13-6-5-10-23(28)17-29(34)35/h5-7,10-16,20-21H,3-4,8-9,17-19,32H2,1-2H3,(H,34,35)/t20-/m1/s1. The molecule has 1 fully saturated rings. The smallest absolute Gasteiger partial charge is 0.307 e. The first-order valence-electron chi connectivity index (χ1n) is 12.6. The van der Waals surface area contributed by atoms with Crippen LogP contribution >= 0.6 is 0 Å². The Bertz CT molecular complexity index is 1200.